The third-order valence-corrected chi connectivity index (χ3v) is 2.81. The number of cyclic esters (lactones) is 1. The molecule has 0 aromatic rings. The Kier molecular flexibility index (Phi) is 4.91. The lowest BCUT2D eigenvalue weighted by Gasteiger charge is -2.22. The van der Waals surface area contributed by atoms with E-state index < -0.39 is 5.60 Å². The summed E-state index contributed by atoms with van der Waals surface area (Å²) < 4.78 is 10.5. The first kappa shape index (κ1) is 14.4. The zero-order chi connectivity index (χ0) is 13.1. The Morgan fingerprint density at radius 2 is 2.24 bits per heavy atom. The SMILES string of the molecule is CC(C)OCC1CC(CC(C)(O)CO)C(=O)O1. The topological polar surface area (TPSA) is 76.0 Å². The fourth-order valence-electron chi connectivity index (χ4n) is 1.89. The van der Waals surface area contributed by atoms with Gasteiger partial charge in [0.05, 0.1) is 30.8 Å². The zero-order valence-corrected chi connectivity index (χ0v) is 10.7. The molecule has 0 radical (unpaired) electrons. The maximum Gasteiger partial charge on any atom is 0.309 e. The van der Waals surface area contributed by atoms with Crippen LogP contribution in [0.1, 0.15) is 33.6 Å². The molecular weight excluding hydrogens is 224 g/mol. The Morgan fingerprint density at radius 1 is 1.59 bits per heavy atom. The van der Waals surface area contributed by atoms with E-state index >= 15 is 0 Å². The van der Waals surface area contributed by atoms with Crippen molar-refractivity contribution in [1.82, 2.24) is 0 Å². The van der Waals surface area contributed by atoms with E-state index in [1.54, 1.807) is 0 Å². The Hall–Kier alpha value is -0.650. The maximum atomic E-state index is 11.6. The summed E-state index contributed by atoms with van der Waals surface area (Å²) in [6.07, 6.45) is 0.639. The highest BCUT2D eigenvalue weighted by atomic mass is 16.6. The molecule has 0 aliphatic carbocycles. The molecule has 17 heavy (non-hydrogen) atoms. The predicted molar refractivity (Wildman–Crippen MR) is 61.4 cm³/mol. The maximum absolute atomic E-state index is 11.6. The van der Waals surface area contributed by atoms with Gasteiger partial charge in [0, 0.05) is 6.42 Å². The van der Waals surface area contributed by atoms with Crippen LogP contribution in [0.3, 0.4) is 0 Å². The van der Waals surface area contributed by atoms with Gasteiger partial charge >= 0.3 is 5.97 Å². The molecule has 0 amide bonds. The monoisotopic (exact) mass is 246 g/mol. The third-order valence-electron chi connectivity index (χ3n) is 2.81. The van der Waals surface area contributed by atoms with Crippen LogP contribution >= 0.6 is 0 Å². The summed E-state index contributed by atoms with van der Waals surface area (Å²) >= 11 is 0. The minimum atomic E-state index is -1.22. The summed E-state index contributed by atoms with van der Waals surface area (Å²) in [6, 6.07) is 0. The van der Waals surface area contributed by atoms with Crippen LogP contribution < -0.4 is 0 Å². The minimum absolute atomic E-state index is 0.105. The van der Waals surface area contributed by atoms with Gasteiger partial charge in [0.15, 0.2) is 0 Å². The molecule has 0 saturated carbocycles. The first-order chi connectivity index (χ1) is 7.84. The molecule has 100 valence electrons. The van der Waals surface area contributed by atoms with Crippen LogP contribution in [-0.2, 0) is 14.3 Å². The van der Waals surface area contributed by atoms with Gasteiger partial charge in [-0.05, 0) is 27.2 Å². The normalized spacial score (nSPS) is 28.2. The van der Waals surface area contributed by atoms with Crippen molar-refractivity contribution < 1.29 is 24.5 Å². The van der Waals surface area contributed by atoms with Crippen LogP contribution in [0.25, 0.3) is 0 Å². The highest BCUT2D eigenvalue weighted by Gasteiger charge is 2.38. The molecule has 1 heterocycles. The quantitative estimate of drug-likeness (QED) is 0.667. The van der Waals surface area contributed by atoms with E-state index in [0.717, 1.165) is 0 Å². The fraction of sp³-hybridized carbons (Fsp3) is 0.917. The van der Waals surface area contributed by atoms with Crippen molar-refractivity contribution in [2.45, 2.75) is 51.4 Å². The van der Waals surface area contributed by atoms with Crippen molar-refractivity contribution >= 4 is 5.97 Å². The fourth-order valence-corrected chi connectivity index (χ4v) is 1.89. The highest BCUT2D eigenvalue weighted by Crippen LogP contribution is 2.29. The lowest BCUT2D eigenvalue weighted by Crippen LogP contribution is -2.33. The predicted octanol–water partition coefficient (Wildman–Crippen LogP) is 0.476. The highest BCUT2D eigenvalue weighted by molar-refractivity contribution is 5.74. The van der Waals surface area contributed by atoms with Crippen molar-refractivity contribution in [3.63, 3.8) is 0 Å². The van der Waals surface area contributed by atoms with E-state index in [1.807, 2.05) is 13.8 Å². The Morgan fingerprint density at radius 3 is 2.76 bits per heavy atom. The molecular formula is C12H22O5. The van der Waals surface area contributed by atoms with E-state index in [0.29, 0.717) is 13.0 Å². The van der Waals surface area contributed by atoms with Crippen molar-refractivity contribution in [3.8, 4) is 0 Å². The summed E-state index contributed by atoms with van der Waals surface area (Å²) in [5.41, 5.74) is -1.22. The molecule has 2 N–H and O–H groups in total. The number of ether oxygens (including phenoxy) is 2. The average Bonchev–Trinajstić information content (AvgIpc) is 2.56. The van der Waals surface area contributed by atoms with Gasteiger partial charge in [-0.15, -0.1) is 0 Å². The molecule has 1 rings (SSSR count). The Labute approximate surface area is 102 Å². The molecule has 0 spiro atoms. The van der Waals surface area contributed by atoms with Gasteiger partial charge in [0.25, 0.3) is 0 Å². The van der Waals surface area contributed by atoms with Crippen LogP contribution in [0.2, 0.25) is 0 Å². The molecule has 1 saturated heterocycles. The van der Waals surface area contributed by atoms with Gasteiger partial charge < -0.3 is 19.7 Å². The van der Waals surface area contributed by atoms with E-state index in [1.165, 1.54) is 6.92 Å². The first-order valence-electron chi connectivity index (χ1n) is 5.99. The summed E-state index contributed by atoms with van der Waals surface area (Å²) in [6.45, 7) is 5.39. The molecule has 0 bridgehead atoms. The number of carbonyl (C=O) groups is 1. The van der Waals surface area contributed by atoms with E-state index in [4.69, 9.17) is 14.6 Å². The lowest BCUT2D eigenvalue weighted by atomic mass is 9.90. The first-order valence-corrected chi connectivity index (χ1v) is 5.99. The number of aliphatic hydroxyl groups excluding tert-OH is 1. The Balaban J connectivity index is 2.42. The smallest absolute Gasteiger partial charge is 0.309 e. The van der Waals surface area contributed by atoms with Crippen LogP contribution in [0.5, 0.6) is 0 Å². The molecule has 1 aliphatic heterocycles. The van der Waals surface area contributed by atoms with Gasteiger partial charge in [-0.1, -0.05) is 0 Å². The standard InChI is InChI=1S/C12H22O5/c1-8(2)16-6-10-4-9(11(14)17-10)5-12(3,15)7-13/h8-10,13,15H,4-7H2,1-3H3. The molecule has 3 atom stereocenters. The van der Waals surface area contributed by atoms with Crippen molar-refractivity contribution in [3.05, 3.63) is 0 Å². The van der Waals surface area contributed by atoms with Gasteiger partial charge in [0.1, 0.15) is 6.10 Å². The van der Waals surface area contributed by atoms with Gasteiger partial charge in [0.2, 0.25) is 0 Å². The van der Waals surface area contributed by atoms with Crippen molar-refractivity contribution in [1.29, 1.82) is 0 Å². The van der Waals surface area contributed by atoms with Crippen LogP contribution in [0.4, 0.5) is 0 Å². The molecule has 0 aromatic heterocycles. The molecule has 3 unspecified atom stereocenters. The third kappa shape index (κ3) is 4.61. The summed E-state index contributed by atoms with van der Waals surface area (Å²) in [5, 5.41) is 18.7. The number of hydrogen-bond donors (Lipinski definition) is 2. The Bertz CT molecular complexity index is 262. The number of aliphatic hydroxyl groups is 2. The van der Waals surface area contributed by atoms with Gasteiger partial charge in [-0.2, -0.15) is 0 Å². The van der Waals surface area contributed by atoms with Crippen molar-refractivity contribution in [2.24, 2.45) is 5.92 Å². The van der Waals surface area contributed by atoms with Crippen LogP contribution in [0.15, 0.2) is 0 Å². The molecule has 1 fully saturated rings. The zero-order valence-electron chi connectivity index (χ0n) is 10.7. The number of rotatable bonds is 6. The average molecular weight is 246 g/mol. The van der Waals surface area contributed by atoms with E-state index in [-0.39, 0.29) is 37.1 Å². The number of carbonyl (C=O) groups excluding carboxylic acids is 1. The number of hydrogen-bond acceptors (Lipinski definition) is 5. The second kappa shape index (κ2) is 5.80. The van der Waals surface area contributed by atoms with Crippen molar-refractivity contribution in [2.75, 3.05) is 13.2 Å². The largest absolute Gasteiger partial charge is 0.460 e. The van der Waals surface area contributed by atoms with E-state index in [9.17, 15) is 9.90 Å². The van der Waals surface area contributed by atoms with Gasteiger partial charge in [-0.3, -0.25) is 4.79 Å². The lowest BCUT2D eigenvalue weighted by molar-refractivity contribution is -0.148. The molecule has 1 aliphatic rings. The number of esters is 1. The van der Waals surface area contributed by atoms with Crippen LogP contribution in [0, 0.1) is 5.92 Å². The van der Waals surface area contributed by atoms with E-state index in [2.05, 4.69) is 0 Å². The molecule has 5 heteroatoms. The molecule has 5 nitrogen and oxygen atoms in total. The summed E-state index contributed by atoms with van der Waals surface area (Å²) in [4.78, 5) is 11.6. The van der Waals surface area contributed by atoms with Crippen LogP contribution in [-0.4, -0.2) is 47.2 Å². The minimum Gasteiger partial charge on any atom is -0.460 e. The second-order valence-corrected chi connectivity index (χ2v) is 5.23. The summed E-state index contributed by atoms with van der Waals surface area (Å²) in [5.74, 6) is -0.658. The summed E-state index contributed by atoms with van der Waals surface area (Å²) in [7, 11) is 0. The van der Waals surface area contributed by atoms with Gasteiger partial charge in [-0.25, -0.2) is 0 Å². The molecule has 0 aromatic carbocycles. The second-order valence-electron chi connectivity index (χ2n) is 5.23.